The number of pyridine rings is 1. The number of tetrazole rings is 1. The summed E-state index contributed by atoms with van der Waals surface area (Å²) in [6.07, 6.45) is 3.37. The molecule has 8 heteroatoms. The summed E-state index contributed by atoms with van der Waals surface area (Å²) in [7, 11) is 0. The highest BCUT2D eigenvalue weighted by Crippen LogP contribution is 2.35. The standard InChI is InChI=1S/C17H16N6O2/c24-16(25)15-11-22(10-14(15)12-6-8-18-9-7-12)17-19-20-21-23(17)13-4-2-1-3-5-13/h1-9,14-15H,10-11H2,(H,24,25). The van der Waals surface area contributed by atoms with Crippen molar-refractivity contribution in [3.63, 3.8) is 0 Å². The lowest BCUT2D eigenvalue weighted by Crippen LogP contribution is -2.25. The summed E-state index contributed by atoms with van der Waals surface area (Å²) in [4.78, 5) is 17.7. The Labute approximate surface area is 143 Å². The maximum absolute atomic E-state index is 11.8. The second-order valence-corrected chi connectivity index (χ2v) is 5.96. The summed E-state index contributed by atoms with van der Waals surface area (Å²) in [5.41, 5.74) is 1.80. The molecule has 1 saturated heterocycles. The molecule has 1 aliphatic heterocycles. The molecule has 1 N–H and O–H groups in total. The molecule has 2 atom stereocenters. The van der Waals surface area contributed by atoms with Crippen LogP contribution in [-0.4, -0.2) is 49.4 Å². The maximum Gasteiger partial charge on any atom is 0.308 e. The lowest BCUT2D eigenvalue weighted by Gasteiger charge is -2.17. The van der Waals surface area contributed by atoms with E-state index < -0.39 is 11.9 Å². The van der Waals surface area contributed by atoms with Crippen LogP contribution in [0.5, 0.6) is 0 Å². The van der Waals surface area contributed by atoms with Gasteiger partial charge in [-0.2, -0.15) is 4.68 Å². The van der Waals surface area contributed by atoms with Crippen molar-refractivity contribution in [3.8, 4) is 5.69 Å². The minimum absolute atomic E-state index is 0.138. The van der Waals surface area contributed by atoms with Gasteiger partial charge in [0.15, 0.2) is 0 Å². The maximum atomic E-state index is 11.8. The first-order valence-electron chi connectivity index (χ1n) is 7.95. The van der Waals surface area contributed by atoms with E-state index in [1.54, 1.807) is 17.1 Å². The predicted molar refractivity (Wildman–Crippen MR) is 89.5 cm³/mol. The monoisotopic (exact) mass is 336 g/mol. The van der Waals surface area contributed by atoms with Crippen LogP contribution in [0, 0.1) is 5.92 Å². The molecular formula is C17H16N6O2. The average molecular weight is 336 g/mol. The molecule has 2 aromatic heterocycles. The van der Waals surface area contributed by atoms with Gasteiger partial charge in [0.2, 0.25) is 5.95 Å². The van der Waals surface area contributed by atoms with Crippen LogP contribution >= 0.6 is 0 Å². The molecule has 1 aromatic carbocycles. The Balaban J connectivity index is 1.67. The summed E-state index contributed by atoms with van der Waals surface area (Å²) >= 11 is 0. The summed E-state index contributed by atoms with van der Waals surface area (Å²) < 4.78 is 1.63. The third-order valence-electron chi connectivity index (χ3n) is 4.51. The lowest BCUT2D eigenvalue weighted by atomic mass is 9.90. The number of para-hydroxylation sites is 1. The fraction of sp³-hybridized carbons (Fsp3) is 0.235. The van der Waals surface area contributed by atoms with Crippen LogP contribution in [0.3, 0.4) is 0 Å². The van der Waals surface area contributed by atoms with Crippen LogP contribution in [0.2, 0.25) is 0 Å². The van der Waals surface area contributed by atoms with Crippen LogP contribution < -0.4 is 4.90 Å². The number of carboxylic acids is 1. The smallest absolute Gasteiger partial charge is 0.308 e. The Kier molecular flexibility index (Phi) is 3.85. The number of rotatable bonds is 4. The first-order chi connectivity index (χ1) is 12.2. The molecule has 0 saturated carbocycles. The highest BCUT2D eigenvalue weighted by molar-refractivity contribution is 5.73. The molecule has 1 fully saturated rings. The molecule has 0 amide bonds. The van der Waals surface area contributed by atoms with E-state index in [9.17, 15) is 9.90 Å². The van der Waals surface area contributed by atoms with E-state index in [0.717, 1.165) is 11.3 Å². The van der Waals surface area contributed by atoms with Gasteiger partial charge in [0.05, 0.1) is 11.6 Å². The van der Waals surface area contributed by atoms with Crippen molar-refractivity contribution in [3.05, 3.63) is 60.4 Å². The molecule has 0 spiro atoms. The summed E-state index contributed by atoms with van der Waals surface area (Å²) in [5.74, 6) is -0.929. The van der Waals surface area contributed by atoms with Gasteiger partial charge in [-0.25, -0.2) is 0 Å². The van der Waals surface area contributed by atoms with Crippen molar-refractivity contribution in [2.45, 2.75) is 5.92 Å². The number of aromatic nitrogens is 5. The first kappa shape index (κ1) is 15.3. The van der Waals surface area contributed by atoms with Gasteiger partial charge in [-0.3, -0.25) is 9.78 Å². The largest absolute Gasteiger partial charge is 0.481 e. The predicted octanol–water partition coefficient (Wildman–Crippen LogP) is 1.36. The molecule has 3 aromatic rings. The van der Waals surface area contributed by atoms with E-state index >= 15 is 0 Å². The van der Waals surface area contributed by atoms with Crippen molar-refractivity contribution in [1.82, 2.24) is 25.2 Å². The van der Waals surface area contributed by atoms with E-state index in [1.807, 2.05) is 47.4 Å². The molecule has 2 unspecified atom stereocenters. The van der Waals surface area contributed by atoms with Crippen LogP contribution in [0.15, 0.2) is 54.9 Å². The summed E-state index contributed by atoms with van der Waals surface area (Å²) in [5, 5.41) is 21.6. The minimum atomic E-state index is -0.817. The normalized spacial score (nSPS) is 19.9. The fourth-order valence-corrected chi connectivity index (χ4v) is 3.28. The second-order valence-electron chi connectivity index (χ2n) is 5.96. The zero-order chi connectivity index (χ0) is 17.2. The fourth-order valence-electron chi connectivity index (χ4n) is 3.28. The third-order valence-corrected chi connectivity index (χ3v) is 4.51. The minimum Gasteiger partial charge on any atom is -0.481 e. The number of nitrogens with zero attached hydrogens (tertiary/aromatic N) is 6. The van der Waals surface area contributed by atoms with Gasteiger partial charge in [0.1, 0.15) is 0 Å². The second kappa shape index (κ2) is 6.31. The van der Waals surface area contributed by atoms with Gasteiger partial charge in [-0.1, -0.05) is 23.3 Å². The van der Waals surface area contributed by atoms with Crippen molar-refractivity contribution in [2.75, 3.05) is 18.0 Å². The highest BCUT2D eigenvalue weighted by Gasteiger charge is 2.40. The van der Waals surface area contributed by atoms with Gasteiger partial charge in [0.25, 0.3) is 0 Å². The van der Waals surface area contributed by atoms with E-state index in [1.165, 1.54) is 0 Å². The van der Waals surface area contributed by atoms with Crippen molar-refractivity contribution < 1.29 is 9.90 Å². The van der Waals surface area contributed by atoms with Gasteiger partial charge >= 0.3 is 5.97 Å². The van der Waals surface area contributed by atoms with Crippen LogP contribution in [0.25, 0.3) is 5.69 Å². The van der Waals surface area contributed by atoms with E-state index in [-0.39, 0.29) is 5.92 Å². The number of carbonyl (C=O) groups is 1. The lowest BCUT2D eigenvalue weighted by molar-refractivity contribution is -0.141. The number of aliphatic carboxylic acids is 1. The molecule has 126 valence electrons. The van der Waals surface area contributed by atoms with Crippen LogP contribution in [-0.2, 0) is 4.79 Å². The number of hydrogen-bond acceptors (Lipinski definition) is 6. The summed E-state index contributed by atoms with van der Waals surface area (Å²) in [6, 6.07) is 13.3. The number of carboxylic acid groups (broad SMARTS) is 1. The van der Waals surface area contributed by atoms with Crippen LogP contribution in [0.1, 0.15) is 11.5 Å². The topological polar surface area (TPSA) is 97.0 Å². The van der Waals surface area contributed by atoms with E-state index in [0.29, 0.717) is 19.0 Å². The van der Waals surface area contributed by atoms with Crippen LogP contribution in [0.4, 0.5) is 5.95 Å². The number of hydrogen-bond donors (Lipinski definition) is 1. The number of benzene rings is 1. The molecular weight excluding hydrogens is 320 g/mol. The zero-order valence-corrected chi connectivity index (χ0v) is 13.3. The van der Waals surface area contributed by atoms with Gasteiger partial charge in [0, 0.05) is 31.4 Å². The first-order valence-corrected chi connectivity index (χ1v) is 7.95. The van der Waals surface area contributed by atoms with Gasteiger partial charge in [-0.05, 0) is 40.3 Å². The van der Waals surface area contributed by atoms with Crippen molar-refractivity contribution >= 4 is 11.9 Å². The Morgan fingerprint density at radius 1 is 1.08 bits per heavy atom. The highest BCUT2D eigenvalue weighted by atomic mass is 16.4. The summed E-state index contributed by atoms with van der Waals surface area (Å²) in [6.45, 7) is 0.893. The molecule has 1 aliphatic rings. The SMILES string of the molecule is O=C(O)C1CN(c2nnnn2-c2ccccc2)CC1c1ccncc1. The van der Waals surface area contributed by atoms with Gasteiger partial charge < -0.3 is 10.0 Å². The molecule has 0 aliphatic carbocycles. The molecule has 4 rings (SSSR count). The van der Waals surface area contributed by atoms with E-state index in [4.69, 9.17) is 0 Å². The van der Waals surface area contributed by atoms with Gasteiger partial charge in [-0.15, -0.1) is 0 Å². The Hall–Kier alpha value is -3.29. The Morgan fingerprint density at radius 3 is 2.56 bits per heavy atom. The quantitative estimate of drug-likeness (QED) is 0.768. The molecule has 8 nitrogen and oxygen atoms in total. The molecule has 3 heterocycles. The Bertz CT molecular complexity index is 867. The Morgan fingerprint density at radius 2 is 1.84 bits per heavy atom. The number of anilines is 1. The zero-order valence-electron chi connectivity index (χ0n) is 13.3. The van der Waals surface area contributed by atoms with Crippen molar-refractivity contribution in [1.29, 1.82) is 0 Å². The third kappa shape index (κ3) is 2.82. The molecule has 25 heavy (non-hydrogen) atoms. The van der Waals surface area contributed by atoms with E-state index in [2.05, 4.69) is 20.5 Å². The molecule has 0 bridgehead atoms. The molecule has 0 radical (unpaired) electrons. The average Bonchev–Trinajstić information content (AvgIpc) is 3.30. The van der Waals surface area contributed by atoms with Crippen molar-refractivity contribution in [2.24, 2.45) is 5.92 Å².